The van der Waals surface area contributed by atoms with Gasteiger partial charge < -0.3 is 0 Å². The molecule has 0 saturated heterocycles. The van der Waals surface area contributed by atoms with E-state index in [1.54, 1.807) is 12.1 Å². The van der Waals surface area contributed by atoms with Crippen LogP contribution in [0, 0.1) is 22.7 Å². The Bertz CT molecular complexity index is 1000. The van der Waals surface area contributed by atoms with Gasteiger partial charge in [-0.25, -0.2) is 0 Å². The van der Waals surface area contributed by atoms with Crippen molar-refractivity contribution >= 4 is 46.7 Å². The third-order valence-corrected chi connectivity index (χ3v) is 5.79. The van der Waals surface area contributed by atoms with E-state index < -0.39 is 5.56 Å². The lowest BCUT2D eigenvalue weighted by Crippen LogP contribution is -2.24. The van der Waals surface area contributed by atoms with E-state index in [9.17, 15) is 4.79 Å². The molecule has 0 N–H and O–H groups in total. The number of rotatable bonds is 1. The lowest BCUT2D eigenvalue weighted by atomic mass is 10.3. The Hall–Kier alpha value is -1.90. The van der Waals surface area contributed by atoms with Crippen molar-refractivity contribution < 1.29 is 0 Å². The molecule has 112 valence electrons. The number of benzene rings is 1. The first-order valence-electron chi connectivity index (χ1n) is 6.03. The molecule has 0 saturated carbocycles. The van der Waals surface area contributed by atoms with Crippen LogP contribution in [0.2, 0.25) is 10.0 Å². The van der Waals surface area contributed by atoms with Crippen LogP contribution in [0.25, 0.3) is 5.69 Å². The molecule has 0 radical (unpaired) electrons. The maximum atomic E-state index is 12.7. The number of thioether (sulfide) groups is 2. The van der Waals surface area contributed by atoms with Crippen molar-refractivity contribution in [2.75, 3.05) is 0 Å². The van der Waals surface area contributed by atoms with Gasteiger partial charge in [0.25, 0.3) is 5.56 Å². The lowest BCUT2D eigenvalue weighted by Gasteiger charge is -2.15. The van der Waals surface area contributed by atoms with E-state index in [4.69, 9.17) is 33.7 Å². The van der Waals surface area contributed by atoms with Crippen molar-refractivity contribution in [2.45, 2.75) is 9.79 Å². The molecule has 0 unspecified atom stereocenters. The minimum absolute atomic E-state index is 0.196. The van der Waals surface area contributed by atoms with E-state index in [0.29, 0.717) is 20.5 Å². The van der Waals surface area contributed by atoms with E-state index in [1.165, 1.54) is 12.3 Å². The van der Waals surface area contributed by atoms with Gasteiger partial charge in [0.15, 0.2) is 0 Å². The van der Waals surface area contributed by atoms with Crippen molar-refractivity contribution in [1.82, 2.24) is 9.78 Å². The van der Waals surface area contributed by atoms with Crippen molar-refractivity contribution in [1.29, 1.82) is 10.5 Å². The van der Waals surface area contributed by atoms with Gasteiger partial charge >= 0.3 is 0 Å². The Balaban J connectivity index is 2.16. The number of allylic oxidation sites excluding steroid dienone is 2. The summed E-state index contributed by atoms with van der Waals surface area (Å²) >= 11 is 14.0. The Morgan fingerprint density at radius 2 is 1.83 bits per heavy atom. The SMILES string of the molecule is N#CC1=C(C#N)Sc2c(cnn(-c3ccc(Cl)cc3Cl)c2=O)S1. The molecule has 0 amide bonds. The minimum atomic E-state index is -0.408. The van der Waals surface area contributed by atoms with Crippen molar-refractivity contribution in [3.05, 3.63) is 54.6 Å². The van der Waals surface area contributed by atoms with Crippen molar-refractivity contribution in [3.63, 3.8) is 0 Å². The molecule has 1 aromatic carbocycles. The average molecular weight is 379 g/mol. The van der Waals surface area contributed by atoms with Crippen LogP contribution in [0.4, 0.5) is 0 Å². The fourth-order valence-corrected chi connectivity index (χ4v) is 4.25. The average Bonchev–Trinajstić information content (AvgIpc) is 2.55. The normalized spacial score (nSPS) is 13.2. The third-order valence-electron chi connectivity index (χ3n) is 2.86. The molecule has 0 atom stereocenters. The maximum absolute atomic E-state index is 12.7. The highest BCUT2D eigenvalue weighted by molar-refractivity contribution is 8.09. The summed E-state index contributed by atoms with van der Waals surface area (Å²) in [5, 5.41) is 23.0. The molecule has 1 aliphatic rings. The first-order chi connectivity index (χ1) is 11.0. The molecule has 1 aromatic heterocycles. The van der Waals surface area contributed by atoms with Crippen molar-refractivity contribution in [3.8, 4) is 17.8 Å². The van der Waals surface area contributed by atoms with Crippen LogP contribution in [0.1, 0.15) is 0 Å². The quantitative estimate of drug-likeness (QED) is 0.745. The predicted octanol–water partition coefficient (Wildman–Crippen LogP) is 4.00. The molecule has 3 rings (SSSR count). The standard InChI is InChI=1S/C14H4Cl2N4OS2/c15-7-1-2-9(8(16)3-7)20-14(21)13-12(6-19-20)22-10(4-17)11(5-18)23-13/h1-3,6H. The van der Waals surface area contributed by atoms with Crippen LogP contribution >= 0.6 is 46.7 Å². The molecular formula is C14H4Cl2N4OS2. The number of fused-ring (bicyclic) bond motifs is 1. The molecule has 0 spiro atoms. The largest absolute Gasteiger partial charge is 0.286 e. The van der Waals surface area contributed by atoms with Crippen molar-refractivity contribution in [2.24, 2.45) is 0 Å². The third kappa shape index (κ3) is 2.85. The van der Waals surface area contributed by atoms with Crippen LogP contribution in [-0.4, -0.2) is 9.78 Å². The van der Waals surface area contributed by atoms with Gasteiger partial charge in [-0.1, -0.05) is 46.7 Å². The van der Waals surface area contributed by atoms with Gasteiger partial charge in [-0.05, 0) is 18.2 Å². The Morgan fingerprint density at radius 3 is 2.48 bits per heavy atom. The topological polar surface area (TPSA) is 82.5 Å². The molecular weight excluding hydrogens is 375 g/mol. The zero-order chi connectivity index (χ0) is 16.6. The molecule has 2 aromatic rings. The summed E-state index contributed by atoms with van der Waals surface area (Å²) in [4.78, 5) is 14.0. The molecule has 2 heterocycles. The maximum Gasteiger partial charge on any atom is 0.286 e. The van der Waals surface area contributed by atoms with Gasteiger partial charge in [-0.3, -0.25) is 4.79 Å². The van der Waals surface area contributed by atoms with E-state index >= 15 is 0 Å². The molecule has 5 nitrogen and oxygen atoms in total. The van der Waals surface area contributed by atoms with E-state index in [0.717, 1.165) is 28.2 Å². The van der Waals surface area contributed by atoms with Crippen LogP contribution < -0.4 is 5.56 Å². The second-order valence-electron chi connectivity index (χ2n) is 4.24. The highest BCUT2D eigenvalue weighted by atomic mass is 35.5. The lowest BCUT2D eigenvalue weighted by molar-refractivity contribution is 0.757. The number of nitrogens with zero attached hydrogens (tertiary/aromatic N) is 4. The zero-order valence-corrected chi connectivity index (χ0v) is 14.2. The minimum Gasteiger partial charge on any atom is -0.266 e. The molecule has 9 heteroatoms. The van der Waals surface area contributed by atoms with E-state index in [2.05, 4.69) is 5.10 Å². The second kappa shape index (κ2) is 6.31. The number of aromatic nitrogens is 2. The monoisotopic (exact) mass is 378 g/mol. The number of hydrogen-bond donors (Lipinski definition) is 0. The number of hydrogen-bond acceptors (Lipinski definition) is 6. The van der Waals surface area contributed by atoms with Crippen LogP contribution in [0.3, 0.4) is 0 Å². The van der Waals surface area contributed by atoms with E-state index in [1.807, 2.05) is 12.1 Å². The van der Waals surface area contributed by atoms with Crippen LogP contribution in [0.5, 0.6) is 0 Å². The molecule has 0 fully saturated rings. The highest BCUT2D eigenvalue weighted by Crippen LogP contribution is 2.44. The summed E-state index contributed by atoms with van der Waals surface area (Å²) in [6, 6.07) is 8.60. The fraction of sp³-hybridized carbons (Fsp3) is 0. The van der Waals surface area contributed by atoms with Gasteiger partial charge in [-0.15, -0.1) is 0 Å². The highest BCUT2D eigenvalue weighted by Gasteiger charge is 2.24. The summed E-state index contributed by atoms with van der Waals surface area (Å²) in [6.07, 6.45) is 1.48. The Morgan fingerprint density at radius 1 is 1.13 bits per heavy atom. The second-order valence-corrected chi connectivity index (χ2v) is 7.15. The summed E-state index contributed by atoms with van der Waals surface area (Å²) in [5.41, 5.74) is -0.0167. The molecule has 1 aliphatic heterocycles. The predicted molar refractivity (Wildman–Crippen MR) is 89.8 cm³/mol. The molecule has 23 heavy (non-hydrogen) atoms. The summed E-state index contributed by atoms with van der Waals surface area (Å²) in [7, 11) is 0. The van der Waals surface area contributed by atoms with Gasteiger partial charge in [0.1, 0.15) is 21.9 Å². The van der Waals surface area contributed by atoms with Crippen LogP contribution in [-0.2, 0) is 0 Å². The smallest absolute Gasteiger partial charge is 0.266 e. The number of halogens is 2. The Kier molecular flexibility index (Phi) is 4.38. The van der Waals surface area contributed by atoms with Gasteiger partial charge in [-0.2, -0.15) is 20.3 Å². The van der Waals surface area contributed by atoms with Crippen LogP contribution in [0.15, 0.2) is 48.8 Å². The first-order valence-corrected chi connectivity index (χ1v) is 8.42. The summed E-state index contributed by atoms with van der Waals surface area (Å²) in [6.45, 7) is 0. The molecule has 0 aliphatic carbocycles. The fourth-order valence-electron chi connectivity index (χ4n) is 1.87. The summed E-state index contributed by atoms with van der Waals surface area (Å²) < 4.78 is 1.15. The molecule has 0 bridgehead atoms. The van der Waals surface area contributed by atoms with Gasteiger partial charge in [0.05, 0.1) is 26.7 Å². The first kappa shape index (κ1) is 16.0. The summed E-state index contributed by atoms with van der Waals surface area (Å²) in [5.74, 6) is 0. The zero-order valence-electron chi connectivity index (χ0n) is 11.1. The Labute approximate surface area is 149 Å². The van der Waals surface area contributed by atoms with E-state index in [-0.39, 0.29) is 14.8 Å². The van der Waals surface area contributed by atoms with Gasteiger partial charge in [0.2, 0.25) is 0 Å². The number of nitriles is 2. The van der Waals surface area contributed by atoms with Gasteiger partial charge in [0, 0.05) is 5.02 Å².